The summed E-state index contributed by atoms with van der Waals surface area (Å²) in [6, 6.07) is 6.51. The topological polar surface area (TPSA) is 57.3 Å². The quantitative estimate of drug-likeness (QED) is 0.247. The van der Waals surface area contributed by atoms with E-state index in [1.807, 2.05) is 0 Å². The van der Waals surface area contributed by atoms with Crippen molar-refractivity contribution >= 4 is 34.1 Å². The standard InChI is InChI=1S/C22H20ClF13N4O/c1-2-40(9-7-38-14-5-6-37-15-11-12(23)3-4-13(14)15)10-8-39-16(41)17(24,25)18(26,27)19(28,29)20(30,31)21(32,33)22(34,35)36/h3-6,11H,2,7-10H2,1H3,(H,37,38)(H,39,41). The van der Waals surface area contributed by atoms with E-state index in [9.17, 15) is 61.9 Å². The maximum Gasteiger partial charge on any atom is 0.460 e. The first-order valence-electron chi connectivity index (χ1n) is 11.3. The maximum absolute atomic E-state index is 13.9. The SMILES string of the molecule is CCN(CCNC(=O)C(F)(F)C(F)(F)C(F)(F)C(F)(F)C(F)(F)C(F)(F)F)CCNc1ccnc2cc(Cl)ccc12. The minimum absolute atomic E-state index is 0.132. The molecule has 1 amide bonds. The molecule has 0 aliphatic carbocycles. The summed E-state index contributed by atoms with van der Waals surface area (Å²) >= 11 is 5.91. The predicted molar refractivity (Wildman–Crippen MR) is 121 cm³/mol. The number of pyridine rings is 1. The molecule has 2 aromatic rings. The Morgan fingerprint density at radius 3 is 1.95 bits per heavy atom. The van der Waals surface area contributed by atoms with Crippen molar-refractivity contribution in [2.75, 3.05) is 38.0 Å². The summed E-state index contributed by atoms with van der Waals surface area (Å²) in [5, 5.41) is 5.24. The Kier molecular flexibility index (Phi) is 9.96. The molecule has 19 heteroatoms. The molecule has 0 radical (unpaired) electrons. The number of halogens is 14. The van der Waals surface area contributed by atoms with Crippen LogP contribution >= 0.6 is 11.6 Å². The molecule has 5 nitrogen and oxygen atoms in total. The van der Waals surface area contributed by atoms with Gasteiger partial charge >= 0.3 is 35.8 Å². The van der Waals surface area contributed by atoms with Crippen LogP contribution in [0.2, 0.25) is 5.02 Å². The predicted octanol–water partition coefficient (Wildman–Crippen LogP) is 6.48. The number of fused-ring (bicyclic) bond motifs is 1. The van der Waals surface area contributed by atoms with Gasteiger partial charge in [-0.15, -0.1) is 0 Å². The summed E-state index contributed by atoms with van der Waals surface area (Å²) in [6.45, 7) is 0.720. The van der Waals surface area contributed by atoms with Crippen LogP contribution < -0.4 is 10.6 Å². The van der Waals surface area contributed by atoms with E-state index in [1.165, 1.54) is 11.1 Å². The van der Waals surface area contributed by atoms with Crippen molar-refractivity contribution in [3.05, 3.63) is 35.5 Å². The Labute approximate surface area is 228 Å². The number of carbonyl (C=O) groups is 1. The van der Waals surface area contributed by atoms with Gasteiger partial charge in [0.1, 0.15) is 0 Å². The number of likely N-dealkylation sites (N-methyl/N-ethyl adjacent to an activating group) is 1. The van der Waals surface area contributed by atoms with Gasteiger partial charge in [0.2, 0.25) is 0 Å². The summed E-state index contributed by atoms with van der Waals surface area (Å²) in [5.41, 5.74) is 1.17. The Bertz CT molecular complexity index is 1220. The van der Waals surface area contributed by atoms with Gasteiger partial charge in [0.25, 0.3) is 5.91 Å². The first-order chi connectivity index (χ1) is 18.6. The molecular weight excluding hydrogens is 619 g/mol. The van der Waals surface area contributed by atoms with Crippen LogP contribution in [0.15, 0.2) is 30.5 Å². The third kappa shape index (κ3) is 6.36. The molecule has 0 aliphatic heterocycles. The van der Waals surface area contributed by atoms with E-state index in [-0.39, 0.29) is 26.2 Å². The number of aromatic nitrogens is 1. The molecule has 0 saturated carbocycles. The van der Waals surface area contributed by atoms with E-state index in [4.69, 9.17) is 11.6 Å². The van der Waals surface area contributed by atoms with Crippen LogP contribution in [-0.2, 0) is 4.79 Å². The molecule has 0 spiro atoms. The van der Waals surface area contributed by atoms with Gasteiger partial charge in [-0.1, -0.05) is 18.5 Å². The number of carbonyl (C=O) groups excluding carboxylic acids is 1. The summed E-state index contributed by atoms with van der Waals surface area (Å²) in [6.07, 6.45) is -6.04. The molecule has 0 saturated heterocycles. The first kappa shape index (κ1) is 34.4. The van der Waals surface area contributed by atoms with Crippen molar-refractivity contribution in [2.24, 2.45) is 0 Å². The Hall–Kier alpha value is -2.76. The number of rotatable bonds is 13. The highest BCUT2D eigenvalue weighted by atomic mass is 35.5. The molecule has 0 fully saturated rings. The van der Waals surface area contributed by atoms with Gasteiger partial charge in [0, 0.05) is 48.5 Å². The van der Waals surface area contributed by atoms with Crippen LogP contribution in [-0.4, -0.2) is 84.3 Å². The number of nitrogens with one attached hydrogen (secondary N) is 2. The molecule has 232 valence electrons. The average Bonchev–Trinajstić information content (AvgIpc) is 2.86. The van der Waals surface area contributed by atoms with Crippen molar-refractivity contribution in [1.29, 1.82) is 0 Å². The third-order valence-electron chi connectivity index (χ3n) is 5.83. The highest BCUT2D eigenvalue weighted by molar-refractivity contribution is 6.31. The molecule has 1 heterocycles. The zero-order valence-electron chi connectivity index (χ0n) is 20.5. The fraction of sp³-hybridized carbons (Fsp3) is 0.545. The highest BCUT2D eigenvalue weighted by Gasteiger charge is 2.91. The van der Waals surface area contributed by atoms with Gasteiger partial charge in [-0.25, -0.2) is 0 Å². The smallest absolute Gasteiger partial charge is 0.383 e. The van der Waals surface area contributed by atoms with E-state index >= 15 is 0 Å². The van der Waals surface area contributed by atoms with Crippen LogP contribution in [0.1, 0.15) is 6.92 Å². The van der Waals surface area contributed by atoms with Crippen molar-refractivity contribution in [1.82, 2.24) is 15.2 Å². The summed E-state index contributed by atoms with van der Waals surface area (Å²) in [7, 11) is 0. The third-order valence-corrected chi connectivity index (χ3v) is 6.06. The molecule has 1 aromatic heterocycles. The number of hydrogen-bond acceptors (Lipinski definition) is 4. The zero-order chi connectivity index (χ0) is 31.7. The van der Waals surface area contributed by atoms with Crippen LogP contribution in [0.5, 0.6) is 0 Å². The summed E-state index contributed by atoms with van der Waals surface area (Å²) in [5.74, 6) is -41.7. The van der Waals surface area contributed by atoms with Crippen molar-refractivity contribution in [3.8, 4) is 0 Å². The Balaban J connectivity index is 2.03. The number of anilines is 1. The zero-order valence-corrected chi connectivity index (χ0v) is 21.3. The van der Waals surface area contributed by atoms with Gasteiger partial charge in [0.15, 0.2) is 0 Å². The van der Waals surface area contributed by atoms with E-state index in [2.05, 4.69) is 10.3 Å². The number of benzene rings is 1. The number of alkyl halides is 13. The molecule has 0 unspecified atom stereocenters. The normalized spacial score (nSPS) is 14.0. The lowest BCUT2D eigenvalue weighted by molar-refractivity contribution is -0.436. The van der Waals surface area contributed by atoms with Gasteiger partial charge in [-0.2, -0.15) is 57.1 Å². The highest BCUT2D eigenvalue weighted by Crippen LogP contribution is 2.60. The average molecular weight is 639 g/mol. The number of amides is 1. The van der Waals surface area contributed by atoms with E-state index in [1.54, 1.807) is 31.2 Å². The van der Waals surface area contributed by atoms with Crippen molar-refractivity contribution < 1.29 is 61.9 Å². The molecule has 0 bridgehead atoms. The molecule has 41 heavy (non-hydrogen) atoms. The van der Waals surface area contributed by atoms with E-state index in [0.717, 1.165) is 5.32 Å². The first-order valence-corrected chi connectivity index (χ1v) is 11.7. The second-order valence-electron chi connectivity index (χ2n) is 8.51. The summed E-state index contributed by atoms with van der Waals surface area (Å²) in [4.78, 5) is 17.2. The second-order valence-corrected chi connectivity index (χ2v) is 8.94. The molecular formula is C22H20ClF13N4O. The maximum atomic E-state index is 13.9. The van der Waals surface area contributed by atoms with E-state index < -0.39 is 48.2 Å². The van der Waals surface area contributed by atoms with Gasteiger partial charge in [0.05, 0.1) is 5.52 Å². The van der Waals surface area contributed by atoms with Crippen molar-refractivity contribution in [2.45, 2.75) is 42.7 Å². The Morgan fingerprint density at radius 1 is 0.829 bits per heavy atom. The molecule has 2 rings (SSSR count). The van der Waals surface area contributed by atoms with Crippen LogP contribution in [0.4, 0.5) is 62.8 Å². The minimum Gasteiger partial charge on any atom is -0.383 e. The van der Waals surface area contributed by atoms with Crippen LogP contribution in [0.3, 0.4) is 0 Å². The van der Waals surface area contributed by atoms with Crippen LogP contribution in [0, 0.1) is 0 Å². The minimum atomic E-state index is -8.07. The van der Waals surface area contributed by atoms with Crippen molar-refractivity contribution in [3.63, 3.8) is 0 Å². The largest absolute Gasteiger partial charge is 0.460 e. The monoisotopic (exact) mass is 638 g/mol. The second kappa shape index (κ2) is 11.9. The van der Waals surface area contributed by atoms with Gasteiger partial charge < -0.3 is 15.5 Å². The van der Waals surface area contributed by atoms with Crippen LogP contribution in [0.25, 0.3) is 10.9 Å². The number of hydrogen-bond donors (Lipinski definition) is 2. The lowest BCUT2D eigenvalue weighted by Crippen LogP contribution is -2.72. The molecule has 0 aliphatic rings. The number of nitrogens with zero attached hydrogens (tertiary/aromatic N) is 2. The van der Waals surface area contributed by atoms with Gasteiger partial charge in [-0.05, 0) is 30.8 Å². The lowest BCUT2D eigenvalue weighted by atomic mass is 9.93. The summed E-state index contributed by atoms with van der Waals surface area (Å²) < 4.78 is 172. The van der Waals surface area contributed by atoms with Gasteiger partial charge in [-0.3, -0.25) is 9.78 Å². The fourth-order valence-electron chi connectivity index (χ4n) is 3.40. The molecule has 2 N–H and O–H groups in total. The fourth-order valence-corrected chi connectivity index (χ4v) is 3.57. The Morgan fingerprint density at radius 2 is 1.39 bits per heavy atom. The lowest BCUT2D eigenvalue weighted by Gasteiger charge is -2.39. The molecule has 1 aromatic carbocycles. The molecule has 0 atom stereocenters. The van der Waals surface area contributed by atoms with E-state index in [0.29, 0.717) is 21.6 Å².